The minimum Gasteiger partial charge on any atom is -0.490 e. The third kappa shape index (κ3) is 4.05. The summed E-state index contributed by atoms with van der Waals surface area (Å²) in [5.74, 6) is 1.26. The highest BCUT2D eigenvalue weighted by molar-refractivity contribution is 5.82. The van der Waals surface area contributed by atoms with Gasteiger partial charge in [0.2, 0.25) is 5.91 Å². The highest BCUT2D eigenvalue weighted by Gasteiger charge is 2.32. The lowest BCUT2D eigenvalue weighted by molar-refractivity contribution is -0.139. The molecule has 1 amide bonds. The molecule has 0 saturated carbocycles. The van der Waals surface area contributed by atoms with Crippen LogP contribution < -0.4 is 4.74 Å². The van der Waals surface area contributed by atoms with Crippen molar-refractivity contribution in [2.45, 2.75) is 51.2 Å². The van der Waals surface area contributed by atoms with Gasteiger partial charge in [-0.1, -0.05) is 24.1 Å². The van der Waals surface area contributed by atoms with E-state index in [4.69, 9.17) is 4.74 Å². The summed E-state index contributed by atoms with van der Waals surface area (Å²) in [6, 6.07) is 8.31. The fourth-order valence-corrected chi connectivity index (χ4v) is 3.60. The molecular formula is C19H28N2O2. The van der Waals surface area contributed by atoms with Gasteiger partial charge in [-0.05, 0) is 45.5 Å². The van der Waals surface area contributed by atoms with Crippen LogP contribution in [-0.2, 0) is 4.79 Å². The van der Waals surface area contributed by atoms with Crippen LogP contribution in [0.25, 0.3) is 0 Å². The normalized spacial score (nSPS) is 23.7. The van der Waals surface area contributed by atoms with Gasteiger partial charge in [-0.15, -0.1) is 0 Å². The maximum atomic E-state index is 12.7. The molecule has 2 saturated heterocycles. The van der Waals surface area contributed by atoms with E-state index >= 15 is 0 Å². The number of rotatable bonds is 3. The topological polar surface area (TPSA) is 32.8 Å². The van der Waals surface area contributed by atoms with Crippen LogP contribution in [0.3, 0.4) is 0 Å². The molecule has 0 aliphatic carbocycles. The molecular weight excluding hydrogens is 288 g/mol. The van der Waals surface area contributed by atoms with E-state index in [1.807, 2.05) is 17.0 Å². The van der Waals surface area contributed by atoms with Crippen molar-refractivity contribution in [3.8, 4) is 5.75 Å². The molecule has 1 atom stereocenters. The number of benzene rings is 1. The fourth-order valence-electron chi connectivity index (χ4n) is 3.60. The summed E-state index contributed by atoms with van der Waals surface area (Å²) in [6.07, 6.45) is 5.48. The summed E-state index contributed by atoms with van der Waals surface area (Å²) >= 11 is 0. The number of piperidine rings is 2. The Labute approximate surface area is 139 Å². The third-order valence-electron chi connectivity index (χ3n) is 5.13. The summed E-state index contributed by atoms with van der Waals surface area (Å²) in [7, 11) is 2.08. The number of ether oxygens (including phenoxy) is 1. The second-order valence-corrected chi connectivity index (χ2v) is 6.95. The molecule has 1 aromatic carbocycles. The lowest BCUT2D eigenvalue weighted by Crippen LogP contribution is -2.52. The number of likely N-dealkylation sites (tertiary alicyclic amines) is 2. The van der Waals surface area contributed by atoms with Gasteiger partial charge < -0.3 is 9.64 Å². The average molecular weight is 316 g/mol. The first-order valence-electron chi connectivity index (χ1n) is 8.86. The Bertz CT molecular complexity index is 521. The zero-order valence-corrected chi connectivity index (χ0v) is 14.3. The maximum Gasteiger partial charge on any atom is 0.239 e. The Hall–Kier alpha value is -1.55. The van der Waals surface area contributed by atoms with Crippen molar-refractivity contribution in [2.24, 2.45) is 0 Å². The highest BCUT2D eigenvalue weighted by Crippen LogP contribution is 2.22. The first kappa shape index (κ1) is 16.3. The van der Waals surface area contributed by atoms with Crippen molar-refractivity contribution in [2.75, 3.05) is 26.7 Å². The smallest absolute Gasteiger partial charge is 0.239 e. The van der Waals surface area contributed by atoms with Crippen LogP contribution >= 0.6 is 0 Å². The Morgan fingerprint density at radius 2 is 1.74 bits per heavy atom. The second-order valence-electron chi connectivity index (χ2n) is 6.95. The molecule has 0 unspecified atom stereocenters. The number of hydrogen-bond donors (Lipinski definition) is 0. The first-order chi connectivity index (χ1) is 11.1. The van der Waals surface area contributed by atoms with Gasteiger partial charge in [0.1, 0.15) is 11.9 Å². The van der Waals surface area contributed by atoms with Crippen molar-refractivity contribution >= 4 is 5.91 Å². The molecule has 1 aromatic rings. The Morgan fingerprint density at radius 1 is 1.04 bits per heavy atom. The van der Waals surface area contributed by atoms with Gasteiger partial charge in [-0.3, -0.25) is 9.69 Å². The summed E-state index contributed by atoms with van der Waals surface area (Å²) in [5.41, 5.74) is 1.24. The van der Waals surface area contributed by atoms with E-state index in [2.05, 4.69) is 31.0 Å². The molecule has 4 heteroatoms. The highest BCUT2D eigenvalue weighted by atomic mass is 16.5. The van der Waals surface area contributed by atoms with Crippen LogP contribution in [0.15, 0.2) is 24.3 Å². The standard InChI is InChI=1S/C19H28N2O2/c1-15-6-8-16(9-7-15)23-17-10-13-21(14-11-17)19(22)18-5-3-4-12-20(18)2/h6-9,17-18H,3-5,10-14H2,1-2H3/t18-/m1/s1. The van der Waals surface area contributed by atoms with Crippen LogP contribution in [0.5, 0.6) is 5.75 Å². The molecule has 0 spiro atoms. The van der Waals surface area contributed by atoms with Crippen LogP contribution in [-0.4, -0.2) is 54.5 Å². The SMILES string of the molecule is Cc1ccc(OC2CCN(C(=O)[C@H]3CCCCN3C)CC2)cc1. The predicted molar refractivity (Wildman–Crippen MR) is 91.7 cm³/mol. The van der Waals surface area contributed by atoms with Crippen LogP contribution in [0.4, 0.5) is 0 Å². The number of aryl methyl sites for hydroxylation is 1. The van der Waals surface area contributed by atoms with Gasteiger partial charge in [-0.25, -0.2) is 0 Å². The Morgan fingerprint density at radius 3 is 2.39 bits per heavy atom. The lowest BCUT2D eigenvalue weighted by atomic mass is 10.00. The molecule has 126 valence electrons. The second kappa shape index (κ2) is 7.35. The fraction of sp³-hybridized carbons (Fsp3) is 0.632. The molecule has 2 aliphatic rings. The summed E-state index contributed by atoms with van der Waals surface area (Å²) in [4.78, 5) is 17.0. The first-order valence-corrected chi connectivity index (χ1v) is 8.86. The number of amides is 1. The zero-order valence-electron chi connectivity index (χ0n) is 14.3. The van der Waals surface area contributed by atoms with Gasteiger partial charge in [-0.2, -0.15) is 0 Å². The summed E-state index contributed by atoms with van der Waals surface area (Å²) in [6.45, 7) is 4.76. The zero-order chi connectivity index (χ0) is 16.2. The molecule has 3 rings (SSSR count). The number of hydrogen-bond acceptors (Lipinski definition) is 3. The lowest BCUT2D eigenvalue weighted by Gasteiger charge is -2.38. The molecule has 23 heavy (non-hydrogen) atoms. The monoisotopic (exact) mass is 316 g/mol. The quantitative estimate of drug-likeness (QED) is 0.859. The van der Waals surface area contributed by atoms with Crippen molar-refractivity contribution in [3.63, 3.8) is 0 Å². The van der Waals surface area contributed by atoms with Crippen molar-refractivity contribution in [1.82, 2.24) is 9.80 Å². The molecule has 2 fully saturated rings. The largest absolute Gasteiger partial charge is 0.490 e. The van der Waals surface area contributed by atoms with E-state index in [1.165, 1.54) is 18.4 Å². The Kier molecular flexibility index (Phi) is 5.21. The van der Waals surface area contributed by atoms with Crippen molar-refractivity contribution in [1.29, 1.82) is 0 Å². The van der Waals surface area contributed by atoms with Crippen molar-refractivity contribution in [3.05, 3.63) is 29.8 Å². The molecule has 0 radical (unpaired) electrons. The van der Waals surface area contributed by atoms with E-state index in [9.17, 15) is 4.79 Å². The molecule has 4 nitrogen and oxygen atoms in total. The molecule has 0 N–H and O–H groups in total. The number of carbonyl (C=O) groups excluding carboxylic acids is 1. The average Bonchev–Trinajstić information content (AvgIpc) is 2.57. The van der Waals surface area contributed by atoms with E-state index in [0.717, 1.165) is 44.6 Å². The minimum absolute atomic E-state index is 0.0957. The van der Waals surface area contributed by atoms with E-state index in [1.54, 1.807) is 0 Å². The number of likely N-dealkylation sites (N-methyl/N-ethyl adjacent to an activating group) is 1. The van der Waals surface area contributed by atoms with E-state index < -0.39 is 0 Å². The van der Waals surface area contributed by atoms with Crippen LogP contribution in [0, 0.1) is 6.92 Å². The predicted octanol–water partition coefficient (Wildman–Crippen LogP) is 2.85. The van der Waals surface area contributed by atoms with Gasteiger partial charge in [0.15, 0.2) is 0 Å². The van der Waals surface area contributed by atoms with E-state index in [0.29, 0.717) is 5.91 Å². The van der Waals surface area contributed by atoms with Crippen LogP contribution in [0.2, 0.25) is 0 Å². The maximum absolute atomic E-state index is 12.7. The van der Waals surface area contributed by atoms with Gasteiger partial charge in [0.05, 0.1) is 6.04 Å². The summed E-state index contributed by atoms with van der Waals surface area (Å²) < 4.78 is 6.06. The van der Waals surface area contributed by atoms with Crippen molar-refractivity contribution < 1.29 is 9.53 Å². The molecule has 2 aliphatic heterocycles. The molecule has 0 aromatic heterocycles. The van der Waals surface area contributed by atoms with Gasteiger partial charge in [0, 0.05) is 25.9 Å². The molecule has 2 heterocycles. The van der Waals surface area contributed by atoms with E-state index in [-0.39, 0.29) is 12.1 Å². The van der Waals surface area contributed by atoms with Gasteiger partial charge in [0.25, 0.3) is 0 Å². The van der Waals surface area contributed by atoms with Crippen LogP contribution in [0.1, 0.15) is 37.7 Å². The number of carbonyl (C=O) groups is 1. The Balaban J connectivity index is 1.49. The third-order valence-corrected chi connectivity index (χ3v) is 5.13. The molecule has 0 bridgehead atoms. The summed E-state index contributed by atoms with van der Waals surface area (Å²) in [5, 5.41) is 0. The van der Waals surface area contributed by atoms with Gasteiger partial charge >= 0.3 is 0 Å². The number of nitrogens with zero attached hydrogens (tertiary/aromatic N) is 2. The minimum atomic E-state index is 0.0957.